The van der Waals surface area contributed by atoms with Gasteiger partial charge in [0.1, 0.15) is 12.4 Å². The molecule has 146 valence electrons. The molecule has 1 aromatic carbocycles. The summed E-state index contributed by atoms with van der Waals surface area (Å²) in [7, 11) is 0. The van der Waals surface area contributed by atoms with Crippen LogP contribution in [0.1, 0.15) is 36.8 Å². The molecule has 9 heteroatoms. The van der Waals surface area contributed by atoms with Gasteiger partial charge in [0.25, 0.3) is 0 Å². The maximum atomic E-state index is 13.0. The number of aromatic amines is 1. The van der Waals surface area contributed by atoms with Crippen LogP contribution in [0.2, 0.25) is 5.02 Å². The first-order valence-electron chi connectivity index (χ1n) is 9.41. The average molecular weight is 402 g/mol. The maximum Gasteiger partial charge on any atom is 0.420 e. The Balaban J connectivity index is 1.41. The van der Waals surface area contributed by atoms with Crippen molar-refractivity contribution in [1.29, 1.82) is 0 Å². The number of H-pyrrole nitrogens is 1. The minimum absolute atomic E-state index is 0.0523. The van der Waals surface area contributed by atoms with Gasteiger partial charge in [-0.05, 0) is 37.3 Å². The fraction of sp³-hybridized carbons (Fsp3) is 0.474. The molecule has 28 heavy (non-hydrogen) atoms. The number of oxazole rings is 1. The van der Waals surface area contributed by atoms with Crippen LogP contribution >= 0.6 is 11.6 Å². The molecular weight excluding hydrogens is 382 g/mol. The molecule has 1 atom stereocenters. The second-order valence-electron chi connectivity index (χ2n) is 7.89. The van der Waals surface area contributed by atoms with E-state index in [0.717, 1.165) is 30.9 Å². The van der Waals surface area contributed by atoms with E-state index in [0.29, 0.717) is 29.2 Å². The number of fused-ring (bicyclic) bond motifs is 1. The van der Waals surface area contributed by atoms with E-state index in [-0.39, 0.29) is 23.8 Å². The first kappa shape index (κ1) is 17.5. The lowest BCUT2D eigenvalue weighted by molar-refractivity contribution is -0.131. The molecule has 1 aliphatic carbocycles. The molecule has 2 fully saturated rings. The fourth-order valence-electron chi connectivity index (χ4n) is 4.59. The fourth-order valence-corrected chi connectivity index (χ4v) is 4.75. The molecule has 8 nitrogen and oxygen atoms in total. The topological polar surface area (TPSA) is 97.0 Å². The zero-order chi connectivity index (χ0) is 19.5. The molecule has 0 radical (unpaired) electrons. The standard InChI is InChI=1S/C19H20ClN5O3/c1-11-21-17(23-22-11)13-8-24(10-19(13)5-2-6-19)16(26)9-25-14-4-3-12(20)7-15(14)28-18(25)27/h3-4,7,13H,2,5-6,8-10H2,1H3,(H,21,22,23). The highest BCUT2D eigenvalue weighted by Crippen LogP contribution is 2.55. The van der Waals surface area contributed by atoms with E-state index in [2.05, 4.69) is 15.2 Å². The van der Waals surface area contributed by atoms with Crippen molar-refractivity contribution in [3.05, 3.63) is 45.4 Å². The summed E-state index contributed by atoms with van der Waals surface area (Å²) >= 11 is 5.96. The normalized spacial score (nSPS) is 20.8. The van der Waals surface area contributed by atoms with Gasteiger partial charge in [0, 0.05) is 30.1 Å². The van der Waals surface area contributed by atoms with Gasteiger partial charge in [0.05, 0.1) is 5.52 Å². The van der Waals surface area contributed by atoms with E-state index in [1.54, 1.807) is 18.2 Å². The first-order valence-corrected chi connectivity index (χ1v) is 9.79. The van der Waals surface area contributed by atoms with E-state index in [9.17, 15) is 9.59 Å². The average Bonchev–Trinajstić information content (AvgIpc) is 3.30. The van der Waals surface area contributed by atoms with Crippen LogP contribution in [-0.2, 0) is 11.3 Å². The summed E-state index contributed by atoms with van der Waals surface area (Å²) in [5, 5.41) is 7.74. The highest BCUT2D eigenvalue weighted by atomic mass is 35.5. The number of benzene rings is 1. The molecule has 0 bridgehead atoms. The molecule has 2 aliphatic rings. The van der Waals surface area contributed by atoms with Crippen LogP contribution in [0.15, 0.2) is 27.4 Å². The van der Waals surface area contributed by atoms with Crippen LogP contribution in [0.3, 0.4) is 0 Å². The molecule has 5 rings (SSSR count). The molecule has 1 saturated carbocycles. The van der Waals surface area contributed by atoms with Crippen LogP contribution in [0, 0.1) is 12.3 Å². The molecule has 3 heterocycles. The van der Waals surface area contributed by atoms with Crippen molar-refractivity contribution in [2.75, 3.05) is 13.1 Å². The minimum atomic E-state index is -0.552. The van der Waals surface area contributed by atoms with Crippen molar-refractivity contribution in [1.82, 2.24) is 24.6 Å². The Morgan fingerprint density at radius 1 is 1.43 bits per heavy atom. The monoisotopic (exact) mass is 401 g/mol. The van der Waals surface area contributed by atoms with Crippen molar-refractivity contribution < 1.29 is 9.21 Å². The van der Waals surface area contributed by atoms with E-state index in [4.69, 9.17) is 16.0 Å². The number of nitrogens with one attached hydrogen (secondary N) is 1. The number of rotatable bonds is 3. The highest BCUT2D eigenvalue weighted by Gasteiger charge is 2.53. The van der Waals surface area contributed by atoms with Gasteiger partial charge >= 0.3 is 5.76 Å². The number of nitrogens with zero attached hydrogens (tertiary/aromatic N) is 4. The Labute approximate surface area is 165 Å². The number of aromatic nitrogens is 4. The molecule has 3 aromatic rings. The molecular formula is C19H20ClN5O3. The molecule has 1 unspecified atom stereocenters. The number of carbonyl (C=O) groups excluding carboxylic acids is 1. The summed E-state index contributed by atoms with van der Waals surface area (Å²) in [6.07, 6.45) is 3.30. The van der Waals surface area contributed by atoms with Gasteiger partial charge in [-0.3, -0.25) is 14.5 Å². The van der Waals surface area contributed by atoms with E-state index in [1.807, 2.05) is 11.8 Å². The predicted molar refractivity (Wildman–Crippen MR) is 102 cm³/mol. The van der Waals surface area contributed by atoms with Crippen LogP contribution in [-0.4, -0.2) is 43.6 Å². The second kappa shape index (κ2) is 6.20. The van der Waals surface area contributed by atoms with E-state index >= 15 is 0 Å². The SMILES string of the molecule is Cc1nc(C2CN(C(=O)Cn3c(=O)oc4cc(Cl)ccc43)CC23CCC3)n[nH]1. The summed E-state index contributed by atoms with van der Waals surface area (Å²) in [4.78, 5) is 31.6. The van der Waals surface area contributed by atoms with E-state index in [1.165, 1.54) is 4.57 Å². The molecule has 1 aliphatic heterocycles. The number of aryl methyl sites for hydroxylation is 1. The van der Waals surface area contributed by atoms with Gasteiger partial charge in [-0.1, -0.05) is 18.0 Å². The Bertz CT molecular complexity index is 1130. The largest absolute Gasteiger partial charge is 0.420 e. The third-order valence-corrected chi connectivity index (χ3v) is 6.43. The van der Waals surface area contributed by atoms with Crippen LogP contribution in [0.4, 0.5) is 0 Å². The summed E-state index contributed by atoms with van der Waals surface area (Å²) in [6, 6.07) is 4.97. The quantitative estimate of drug-likeness (QED) is 0.727. The molecule has 1 spiro atoms. The van der Waals surface area contributed by atoms with Gasteiger partial charge in [-0.15, -0.1) is 0 Å². The van der Waals surface area contributed by atoms with E-state index < -0.39 is 5.76 Å². The van der Waals surface area contributed by atoms with Gasteiger partial charge in [-0.2, -0.15) is 5.10 Å². The lowest BCUT2D eigenvalue weighted by atomic mass is 9.62. The predicted octanol–water partition coefficient (Wildman–Crippen LogP) is 2.47. The number of carbonyl (C=O) groups is 1. The van der Waals surface area contributed by atoms with Crippen LogP contribution in [0.25, 0.3) is 11.1 Å². The lowest BCUT2D eigenvalue weighted by Gasteiger charge is -2.41. The highest BCUT2D eigenvalue weighted by molar-refractivity contribution is 6.31. The number of amides is 1. The Morgan fingerprint density at radius 3 is 2.93 bits per heavy atom. The van der Waals surface area contributed by atoms with Crippen LogP contribution in [0.5, 0.6) is 0 Å². The number of hydrogen-bond acceptors (Lipinski definition) is 5. The maximum absolute atomic E-state index is 13.0. The van der Waals surface area contributed by atoms with Gasteiger partial charge in [-0.25, -0.2) is 9.78 Å². The second-order valence-corrected chi connectivity index (χ2v) is 8.32. The molecule has 1 N–H and O–H groups in total. The zero-order valence-electron chi connectivity index (χ0n) is 15.4. The summed E-state index contributed by atoms with van der Waals surface area (Å²) in [5.41, 5.74) is 1.01. The number of halogens is 1. The van der Waals surface area contributed by atoms with Crippen molar-refractivity contribution in [2.45, 2.75) is 38.6 Å². The van der Waals surface area contributed by atoms with Gasteiger partial charge < -0.3 is 9.32 Å². The third-order valence-electron chi connectivity index (χ3n) is 6.20. The van der Waals surface area contributed by atoms with Crippen molar-refractivity contribution in [2.24, 2.45) is 5.41 Å². The third kappa shape index (κ3) is 2.66. The molecule has 1 saturated heterocycles. The summed E-state index contributed by atoms with van der Waals surface area (Å²) < 4.78 is 6.60. The molecule has 2 aromatic heterocycles. The Morgan fingerprint density at radius 2 is 2.25 bits per heavy atom. The zero-order valence-corrected chi connectivity index (χ0v) is 16.2. The Hall–Kier alpha value is -2.61. The molecule has 1 amide bonds. The smallest absolute Gasteiger partial charge is 0.408 e. The lowest BCUT2D eigenvalue weighted by Crippen LogP contribution is -2.39. The Kier molecular flexibility index (Phi) is 3.87. The summed E-state index contributed by atoms with van der Waals surface area (Å²) in [6.45, 7) is 3.08. The number of hydrogen-bond donors (Lipinski definition) is 1. The first-order chi connectivity index (χ1) is 13.4. The number of likely N-dealkylation sites (tertiary alicyclic amines) is 1. The van der Waals surface area contributed by atoms with Crippen molar-refractivity contribution >= 4 is 28.6 Å². The van der Waals surface area contributed by atoms with Crippen LogP contribution < -0.4 is 5.76 Å². The van der Waals surface area contributed by atoms with Gasteiger partial charge in [0.2, 0.25) is 5.91 Å². The van der Waals surface area contributed by atoms with Crippen molar-refractivity contribution in [3.63, 3.8) is 0 Å². The van der Waals surface area contributed by atoms with Crippen molar-refractivity contribution in [3.8, 4) is 0 Å². The van der Waals surface area contributed by atoms with Gasteiger partial charge in [0.15, 0.2) is 11.4 Å². The minimum Gasteiger partial charge on any atom is -0.408 e. The summed E-state index contributed by atoms with van der Waals surface area (Å²) in [5.74, 6) is 1.05.